The van der Waals surface area contributed by atoms with Crippen molar-refractivity contribution in [2.45, 2.75) is 33.1 Å². The van der Waals surface area contributed by atoms with Gasteiger partial charge in [-0.25, -0.2) is 9.97 Å². The lowest BCUT2D eigenvalue weighted by Crippen LogP contribution is -2.12. The van der Waals surface area contributed by atoms with Gasteiger partial charge in [0.15, 0.2) is 0 Å². The van der Waals surface area contributed by atoms with E-state index >= 15 is 0 Å². The second-order valence-corrected chi connectivity index (χ2v) is 4.45. The van der Waals surface area contributed by atoms with Crippen LogP contribution < -0.4 is 10.6 Å². The zero-order chi connectivity index (χ0) is 14.6. The Balaban J connectivity index is 2.52. The molecule has 20 heavy (non-hydrogen) atoms. The molecule has 1 aromatic heterocycles. The lowest BCUT2D eigenvalue weighted by molar-refractivity contribution is 0.0922. The van der Waals surface area contributed by atoms with Crippen LogP contribution in [0.15, 0.2) is 6.33 Å². The molecule has 0 aliphatic heterocycles. The van der Waals surface area contributed by atoms with Crippen LogP contribution in [0.3, 0.4) is 0 Å². The molecule has 0 spiro atoms. The second kappa shape index (κ2) is 10.4. The average molecular weight is 282 g/mol. The van der Waals surface area contributed by atoms with E-state index in [0.717, 1.165) is 49.6 Å². The molecule has 0 amide bonds. The topological polar surface area (TPSA) is 79.3 Å². The summed E-state index contributed by atoms with van der Waals surface area (Å²) in [5.41, 5.74) is 1.15. The highest BCUT2D eigenvalue weighted by molar-refractivity contribution is 5.57. The van der Waals surface area contributed by atoms with Crippen LogP contribution in [0.2, 0.25) is 0 Å². The van der Waals surface area contributed by atoms with Crippen molar-refractivity contribution in [1.82, 2.24) is 9.97 Å². The summed E-state index contributed by atoms with van der Waals surface area (Å²) in [7, 11) is 0. The number of nitrogens with one attached hydrogen (secondary N) is 2. The maximum absolute atomic E-state index is 8.61. The molecule has 0 aromatic carbocycles. The van der Waals surface area contributed by atoms with E-state index in [1.807, 2.05) is 0 Å². The van der Waals surface area contributed by atoms with Crippen molar-refractivity contribution in [2.75, 3.05) is 43.5 Å². The van der Waals surface area contributed by atoms with E-state index in [9.17, 15) is 0 Å². The number of hydrogen-bond acceptors (Lipinski definition) is 6. The molecular weight excluding hydrogens is 256 g/mol. The zero-order valence-corrected chi connectivity index (χ0v) is 12.5. The Labute approximate surface area is 121 Å². The fourth-order valence-corrected chi connectivity index (χ4v) is 1.92. The minimum Gasteiger partial charge on any atom is -0.394 e. The van der Waals surface area contributed by atoms with Gasteiger partial charge in [-0.2, -0.15) is 0 Å². The first-order valence-electron chi connectivity index (χ1n) is 7.33. The molecule has 0 radical (unpaired) electrons. The Kier molecular flexibility index (Phi) is 8.66. The summed E-state index contributed by atoms with van der Waals surface area (Å²) in [6.45, 7) is 6.97. The number of aliphatic hydroxyl groups is 1. The maximum Gasteiger partial charge on any atom is 0.134 e. The fourth-order valence-electron chi connectivity index (χ4n) is 1.92. The van der Waals surface area contributed by atoms with Gasteiger partial charge in [0.05, 0.1) is 13.2 Å². The average Bonchev–Trinajstić information content (AvgIpc) is 2.46. The Morgan fingerprint density at radius 2 is 1.90 bits per heavy atom. The third-order valence-corrected chi connectivity index (χ3v) is 2.78. The van der Waals surface area contributed by atoms with E-state index in [2.05, 4.69) is 34.4 Å². The monoisotopic (exact) mass is 282 g/mol. The number of rotatable bonds is 11. The molecular formula is C14H26N4O2. The van der Waals surface area contributed by atoms with Crippen LogP contribution in [0.1, 0.15) is 32.3 Å². The van der Waals surface area contributed by atoms with Gasteiger partial charge in [-0.3, -0.25) is 0 Å². The number of ether oxygens (including phenoxy) is 1. The highest BCUT2D eigenvalue weighted by atomic mass is 16.5. The van der Waals surface area contributed by atoms with Crippen molar-refractivity contribution in [3.05, 3.63) is 11.9 Å². The van der Waals surface area contributed by atoms with Gasteiger partial charge in [-0.1, -0.05) is 13.3 Å². The molecule has 0 saturated heterocycles. The lowest BCUT2D eigenvalue weighted by Gasteiger charge is -2.14. The Morgan fingerprint density at radius 3 is 2.55 bits per heavy atom. The lowest BCUT2D eigenvalue weighted by atomic mass is 10.1. The van der Waals surface area contributed by atoms with Gasteiger partial charge in [0.2, 0.25) is 0 Å². The molecule has 0 aliphatic carbocycles. The molecule has 3 N–H and O–H groups in total. The number of aromatic nitrogens is 2. The molecule has 0 aliphatic rings. The first-order valence-corrected chi connectivity index (χ1v) is 7.33. The van der Waals surface area contributed by atoms with Crippen LogP contribution in [0.25, 0.3) is 0 Å². The predicted molar refractivity (Wildman–Crippen MR) is 81.2 cm³/mol. The molecule has 1 heterocycles. The summed E-state index contributed by atoms with van der Waals surface area (Å²) in [5, 5.41) is 15.2. The first kappa shape index (κ1) is 16.7. The van der Waals surface area contributed by atoms with Crippen LogP contribution in [-0.4, -0.2) is 48.0 Å². The number of anilines is 2. The Bertz CT molecular complexity index is 374. The van der Waals surface area contributed by atoms with E-state index in [0.29, 0.717) is 13.2 Å². The molecule has 1 rings (SSSR count). The van der Waals surface area contributed by atoms with E-state index in [4.69, 9.17) is 9.84 Å². The minimum atomic E-state index is 0.0754. The van der Waals surface area contributed by atoms with Crippen molar-refractivity contribution in [1.29, 1.82) is 0 Å². The Hall–Kier alpha value is -1.40. The van der Waals surface area contributed by atoms with Gasteiger partial charge in [0.25, 0.3) is 0 Å². The highest BCUT2D eigenvalue weighted by Gasteiger charge is 2.09. The number of nitrogens with zero attached hydrogens (tertiary/aromatic N) is 2. The molecule has 0 unspecified atom stereocenters. The predicted octanol–water partition coefficient (Wildman–Crippen LogP) is 1.67. The van der Waals surface area contributed by atoms with Crippen molar-refractivity contribution in [2.24, 2.45) is 0 Å². The zero-order valence-electron chi connectivity index (χ0n) is 12.5. The van der Waals surface area contributed by atoms with Crippen LogP contribution in [0.4, 0.5) is 11.6 Å². The molecule has 1 aromatic rings. The number of hydrogen-bond donors (Lipinski definition) is 3. The summed E-state index contributed by atoms with van der Waals surface area (Å²) in [5.74, 6) is 1.82. The quantitative estimate of drug-likeness (QED) is 0.536. The van der Waals surface area contributed by atoms with Crippen LogP contribution in [0.5, 0.6) is 0 Å². The van der Waals surface area contributed by atoms with E-state index < -0.39 is 0 Å². The molecule has 6 nitrogen and oxygen atoms in total. The van der Waals surface area contributed by atoms with E-state index in [1.165, 1.54) is 0 Å². The second-order valence-electron chi connectivity index (χ2n) is 4.45. The molecule has 0 fully saturated rings. The van der Waals surface area contributed by atoms with Gasteiger partial charge in [0.1, 0.15) is 18.0 Å². The molecule has 0 saturated carbocycles. The van der Waals surface area contributed by atoms with Crippen molar-refractivity contribution in [3.63, 3.8) is 0 Å². The Morgan fingerprint density at radius 1 is 1.15 bits per heavy atom. The van der Waals surface area contributed by atoms with Gasteiger partial charge in [0, 0.05) is 25.3 Å². The van der Waals surface area contributed by atoms with Crippen LogP contribution >= 0.6 is 0 Å². The molecule has 0 atom stereocenters. The SMILES string of the molecule is CCCc1c(NCC)ncnc1NCCCOCCO. The third kappa shape index (κ3) is 5.71. The van der Waals surface area contributed by atoms with Crippen LogP contribution in [0, 0.1) is 0 Å². The van der Waals surface area contributed by atoms with Gasteiger partial charge < -0.3 is 20.5 Å². The van der Waals surface area contributed by atoms with E-state index in [1.54, 1.807) is 6.33 Å². The molecule has 0 bridgehead atoms. The van der Waals surface area contributed by atoms with Crippen molar-refractivity contribution >= 4 is 11.6 Å². The largest absolute Gasteiger partial charge is 0.394 e. The first-order chi connectivity index (χ1) is 9.83. The third-order valence-electron chi connectivity index (χ3n) is 2.78. The highest BCUT2D eigenvalue weighted by Crippen LogP contribution is 2.21. The van der Waals surface area contributed by atoms with Crippen LogP contribution in [-0.2, 0) is 11.2 Å². The summed E-state index contributed by atoms with van der Waals surface area (Å²) < 4.78 is 5.23. The summed E-state index contributed by atoms with van der Waals surface area (Å²) >= 11 is 0. The van der Waals surface area contributed by atoms with Gasteiger partial charge in [-0.15, -0.1) is 0 Å². The van der Waals surface area contributed by atoms with E-state index in [-0.39, 0.29) is 6.61 Å². The summed E-state index contributed by atoms with van der Waals surface area (Å²) in [6.07, 6.45) is 4.47. The van der Waals surface area contributed by atoms with Crippen molar-refractivity contribution < 1.29 is 9.84 Å². The van der Waals surface area contributed by atoms with Gasteiger partial charge in [-0.05, 0) is 19.8 Å². The van der Waals surface area contributed by atoms with Gasteiger partial charge >= 0.3 is 0 Å². The molecule has 6 heteroatoms. The minimum absolute atomic E-state index is 0.0754. The standard InChI is InChI=1S/C14H26N4O2/c1-3-6-12-13(15-4-2)17-11-18-14(12)16-7-5-9-20-10-8-19/h11,19H,3-10H2,1-2H3,(H2,15,16,17,18). The molecule has 114 valence electrons. The number of aliphatic hydroxyl groups excluding tert-OH is 1. The van der Waals surface area contributed by atoms with Crippen molar-refractivity contribution in [3.8, 4) is 0 Å². The smallest absolute Gasteiger partial charge is 0.134 e. The maximum atomic E-state index is 8.61. The summed E-state index contributed by atoms with van der Waals surface area (Å²) in [6, 6.07) is 0. The fraction of sp³-hybridized carbons (Fsp3) is 0.714. The summed E-state index contributed by atoms with van der Waals surface area (Å²) in [4.78, 5) is 8.63. The normalized spacial score (nSPS) is 10.6.